The minimum Gasteiger partial charge on any atom is -0.497 e. The van der Waals surface area contributed by atoms with Crippen molar-refractivity contribution in [3.05, 3.63) is 48.1 Å². The van der Waals surface area contributed by atoms with Crippen molar-refractivity contribution >= 4 is 29.9 Å². The second-order valence-corrected chi connectivity index (χ2v) is 6.99. The number of nitrogens with zero attached hydrogens (tertiary/aromatic N) is 6. The summed E-state index contributed by atoms with van der Waals surface area (Å²) in [7, 11) is 3.45. The van der Waals surface area contributed by atoms with E-state index in [4.69, 9.17) is 9.26 Å². The predicted octanol–water partition coefficient (Wildman–Crippen LogP) is 1.98. The highest BCUT2D eigenvalue weighted by atomic mass is 127. The lowest BCUT2D eigenvalue weighted by atomic mass is 10.2. The largest absolute Gasteiger partial charge is 0.497 e. The van der Waals surface area contributed by atoms with Crippen LogP contribution in [0.3, 0.4) is 0 Å². The highest BCUT2D eigenvalue weighted by Gasteiger charge is 2.20. The van der Waals surface area contributed by atoms with Gasteiger partial charge in [0.25, 0.3) is 0 Å². The van der Waals surface area contributed by atoms with E-state index in [0.717, 1.165) is 61.5 Å². The molecule has 0 aliphatic carbocycles. The zero-order valence-electron chi connectivity index (χ0n) is 17.6. The minimum atomic E-state index is 0. The lowest BCUT2D eigenvalue weighted by Crippen LogP contribution is -2.52. The van der Waals surface area contributed by atoms with Crippen LogP contribution in [0.1, 0.15) is 11.5 Å². The number of halogens is 1. The van der Waals surface area contributed by atoms with Crippen molar-refractivity contribution in [3.8, 4) is 17.1 Å². The summed E-state index contributed by atoms with van der Waals surface area (Å²) in [6.07, 6.45) is 1.61. The fourth-order valence-corrected chi connectivity index (χ4v) is 3.40. The molecule has 1 saturated heterocycles. The summed E-state index contributed by atoms with van der Waals surface area (Å²) in [6, 6.07) is 9.58. The Kier molecular flexibility index (Phi) is 8.23. The molecule has 166 valence electrons. The molecule has 0 saturated carbocycles. The molecule has 1 fully saturated rings. The number of hydrogen-bond acceptors (Lipinski definition) is 7. The van der Waals surface area contributed by atoms with Crippen molar-refractivity contribution in [2.45, 2.75) is 13.1 Å². The normalized spacial score (nSPS) is 14.9. The van der Waals surface area contributed by atoms with E-state index in [-0.39, 0.29) is 24.0 Å². The molecule has 0 unspecified atom stereocenters. The maximum absolute atomic E-state index is 5.19. The number of hydrogen-bond donors (Lipinski definition) is 2. The first-order valence-corrected chi connectivity index (χ1v) is 9.88. The van der Waals surface area contributed by atoms with Crippen LogP contribution in [0.15, 0.2) is 46.1 Å². The number of rotatable bonds is 6. The minimum absolute atomic E-state index is 0. The van der Waals surface area contributed by atoms with E-state index in [1.807, 2.05) is 30.3 Å². The Hall–Kier alpha value is -2.67. The van der Waals surface area contributed by atoms with Crippen LogP contribution in [0.5, 0.6) is 5.75 Å². The fraction of sp³-hybridized carbons (Fsp3) is 0.400. The number of aromatic nitrogens is 4. The van der Waals surface area contributed by atoms with E-state index >= 15 is 0 Å². The van der Waals surface area contributed by atoms with Crippen LogP contribution < -0.4 is 10.1 Å². The van der Waals surface area contributed by atoms with Gasteiger partial charge in [0.05, 0.1) is 19.3 Å². The third kappa shape index (κ3) is 5.94. The molecule has 1 aliphatic rings. The number of methoxy groups -OCH3 is 1. The van der Waals surface area contributed by atoms with Crippen molar-refractivity contribution < 1.29 is 9.26 Å². The van der Waals surface area contributed by atoms with E-state index in [0.29, 0.717) is 12.4 Å². The van der Waals surface area contributed by atoms with Crippen LogP contribution >= 0.6 is 24.0 Å². The zero-order chi connectivity index (χ0) is 20.8. The summed E-state index contributed by atoms with van der Waals surface area (Å²) in [4.78, 5) is 13.6. The Morgan fingerprint density at radius 3 is 2.61 bits per heavy atom. The van der Waals surface area contributed by atoms with Crippen LogP contribution in [0.2, 0.25) is 0 Å². The second kappa shape index (κ2) is 11.1. The molecule has 1 aromatic carbocycles. The van der Waals surface area contributed by atoms with Gasteiger partial charge in [0.1, 0.15) is 17.8 Å². The third-order valence-corrected chi connectivity index (χ3v) is 5.05. The van der Waals surface area contributed by atoms with Crippen LogP contribution in [-0.4, -0.2) is 76.4 Å². The maximum Gasteiger partial charge on any atom is 0.194 e. The molecule has 4 rings (SSSR count). The van der Waals surface area contributed by atoms with Crippen molar-refractivity contribution in [1.29, 1.82) is 0 Å². The van der Waals surface area contributed by atoms with Gasteiger partial charge in [-0.1, -0.05) is 5.16 Å². The Morgan fingerprint density at radius 2 is 1.97 bits per heavy atom. The molecule has 0 bridgehead atoms. The number of ether oxygens (including phenoxy) is 1. The number of nitrogens with one attached hydrogen (secondary N) is 2. The van der Waals surface area contributed by atoms with Gasteiger partial charge in [-0.2, -0.15) is 5.10 Å². The molecule has 0 radical (unpaired) electrons. The van der Waals surface area contributed by atoms with Crippen LogP contribution in [0, 0.1) is 0 Å². The van der Waals surface area contributed by atoms with E-state index in [9.17, 15) is 0 Å². The molecule has 3 heterocycles. The Labute approximate surface area is 198 Å². The van der Waals surface area contributed by atoms with Gasteiger partial charge in [-0.15, -0.1) is 24.0 Å². The summed E-state index contributed by atoms with van der Waals surface area (Å²) in [6.45, 7) is 5.00. The number of guanidine groups is 1. The van der Waals surface area contributed by atoms with Crippen LogP contribution in [0.25, 0.3) is 11.4 Å². The summed E-state index contributed by atoms with van der Waals surface area (Å²) in [5, 5.41) is 14.7. The van der Waals surface area contributed by atoms with Gasteiger partial charge in [-0.3, -0.25) is 15.0 Å². The summed E-state index contributed by atoms with van der Waals surface area (Å²) >= 11 is 0. The Balaban J connectivity index is 0.00000272. The average Bonchev–Trinajstić information content (AvgIpc) is 3.48. The van der Waals surface area contributed by atoms with Gasteiger partial charge in [-0.25, -0.2) is 4.98 Å². The highest BCUT2D eigenvalue weighted by molar-refractivity contribution is 14.0. The number of H-pyrrole nitrogens is 1. The lowest BCUT2D eigenvalue weighted by Gasteiger charge is -2.36. The average molecular weight is 538 g/mol. The molecule has 10 nitrogen and oxygen atoms in total. The standard InChI is InChI=1S/C20H26N8O2.HI/c1-21-20(28-10-8-27(9-11-28)14-16-7-12-30-26-16)22-13-18-23-19(25-24-18)15-3-5-17(29-2)6-4-15;/h3-7,12H,8-11,13-14H2,1-2H3,(H,21,22)(H,23,24,25);1H. The molecule has 0 spiro atoms. The van der Waals surface area contributed by atoms with Gasteiger partial charge in [0, 0.05) is 51.4 Å². The monoisotopic (exact) mass is 538 g/mol. The molecule has 2 N–H and O–H groups in total. The summed E-state index contributed by atoms with van der Waals surface area (Å²) in [5.74, 6) is 3.08. The van der Waals surface area contributed by atoms with Gasteiger partial charge in [0.15, 0.2) is 11.8 Å². The molecular weight excluding hydrogens is 511 g/mol. The molecular formula is C20H27IN8O2. The van der Waals surface area contributed by atoms with E-state index in [1.165, 1.54) is 0 Å². The first-order chi connectivity index (χ1) is 14.7. The Morgan fingerprint density at radius 1 is 1.19 bits per heavy atom. The second-order valence-electron chi connectivity index (χ2n) is 6.99. The zero-order valence-corrected chi connectivity index (χ0v) is 19.9. The predicted molar refractivity (Wildman–Crippen MR) is 127 cm³/mol. The highest BCUT2D eigenvalue weighted by Crippen LogP contribution is 2.18. The van der Waals surface area contributed by atoms with Crippen molar-refractivity contribution in [1.82, 2.24) is 35.5 Å². The van der Waals surface area contributed by atoms with Crippen LogP contribution in [0.4, 0.5) is 0 Å². The number of benzene rings is 1. The molecule has 1 aliphatic heterocycles. The number of aromatic amines is 1. The number of aliphatic imine (C=N–C) groups is 1. The van der Waals surface area contributed by atoms with Gasteiger partial charge < -0.3 is 19.5 Å². The molecule has 0 atom stereocenters. The van der Waals surface area contributed by atoms with Crippen molar-refractivity contribution in [3.63, 3.8) is 0 Å². The molecule has 31 heavy (non-hydrogen) atoms. The summed E-state index contributed by atoms with van der Waals surface area (Å²) < 4.78 is 10.1. The molecule has 11 heteroatoms. The van der Waals surface area contributed by atoms with Gasteiger partial charge in [0.2, 0.25) is 0 Å². The molecule has 2 aromatic heterocycles. The van der Waals surface area contributed by atoms with E-state index in [2.05, 4.69) is 40.4 Å². The maximum atomic E-state index is 5.19. The molecule has 0 amide bonds. The Bertz CT molecular complexity index is 950. The first kappa shape index (κ1) is 23.0. The van der Waals surface area contributed by atoms with E-state index in [1.54, 1.807) is 20.4 Å². The third-order valence-electron chi connectivity index (χ3n) is 5.05. The van der Waals surface area contributed by atoms with E-state index < -0.39 is 0 Å². The first-order valence-electron chi connectivity index (χ1n) is 9.88. The van der Waals surface area contributed by atoms with Crippen LogP contribution in [-0.2, 0) is 13.1 Å². The number of piperazine rings is 1. The van der Waals surface area contributed by atoms with Crippen molar-refractivity contribution in [2.24, 2.45) is 4.99 Å². The van der Waals surface area contributed by atoms with Crippen molar-refractivity contribution in [2.75, 3.05) is 40.3 Å². The fourth-order valence-electron chi connectivity index (χ4n) is 3.40. The van der Waals surface area contributed by atoms with Gasteiger partial charge in [-0.05, 0) is 24.3 Å². The molecule has 3 aromatic rings. The summed E-state index contributed by atoms with van der Waals surface area (Å²) in [5.41, 5.74) is 1.90. The lowest BCUT2D eigenvalue weighted by molar-refractivity contribution is 0.169. The quantitative estimate of drug-likeness (QED) is 0.279. The SMILES string of the molecule is CN=C(NCc1nc(-c2ccc(OC)cc2)n[nH]1)N1CCN(Cc2ccon2)CC1.I. The van der Waals surface area contributed by atoms with Gasteiger partial charge >= 0.3 is 0 Å². The smallest absolute Gasteiger partial charge is 0.194 e. The topological polar surface area (TPSA) is 108 Å².